The molecular weight excluding hydrogens is 594 g/mol. The zero-order valence-electron chi connectivity index (χ0n) is 32.7. The van der Waals surface area contributed by atoms with Crippen molar-refractivity contribution < 1.29 is 33.5 Å². The predicted molar refractivity (Wildman–Crippen MR) is 195 cm³/mol. The summed E-state index contributed by atoms with van der Waals surface area (Å²) in [5, 5.41) is 14.8. The number of aliphatic hydroxyl groups is 1. The van der Waals surface area contributed by atoms with E-state index in [-0.39, 0.29) is 0 Å². The van der Waals surface area contributed by atoms with Crippen LogP contribution >= 0.6 is 0 Å². The quantitative estimate of drug-likeness (QED) is 0.0501. The molecular formula is C39H81NO7. The van der Waals surface area contributed by atoms with Gasteiger partial charge in [0.25, 0.3) is 11.7 Å². The lowest BCUT2D eigenvalue weighted by Gasteiger charge is -2.53. The van der Waals surface area contributed by atoms with Crippen LogP contribution in [0, 0.1) is 0 Å². The fourth-order valence-corrected chi connectivity index (χ4v) is 5.73. The van der Waals surface area contributed by atoms with Crippen LogP contribution in [0.15, 0.2) is 0 Å². The minimum absolute atomic E-state index is 0.360. The Morgan fingerprint density at radius 3 is 1.32 bits per heavy atom. The molecule has 0 aliphatic rings. The first-order valence-electron chi connectivity index (χ1n) is 20.0. The van der Waals surface area contributed by atoms with Gasteiger partial charge in [0.2, 0.25) is 6.29 Å². The molecule has 47 heavy (non-hydrogen) atoms. The lowest BCUT2D eigenvalue weighted by molar-refractivity contribution is -0.489. The van der Waals surface area contributed by atoms with Crippen molar-refractivity contribution in [3.05, 3.63) is 0 Å². The zero-order valence-corrected chi connectivity index (χ0v) is 32.7. The van der Waals surface area contributed by atoms with Crippen LogP contribution in [0.3, 0.4) is 0 Å². The van der Waals surface area contributed by atoms with Crippen molar-refractivity contribution in [2.24, 2.45) is 0 Å². The number of ether oxygens (including phenoxy) is 6. The molecule has 2 atom stereocenters. The van der Waals surface area contributed by atoms with Crippen molar-refractivity contribution in [3.63, 3.8) is 0 Å². The second-order valence-electron chi connectivity index (χ2n) is 13.9. The number of hydrogen-bond donors (Lipinski definition) is 2. The van der Waals surface area contributed by atoms with Crippen LogP contribution in [-0.4, -0.2) is 68.0 Å². The standard InChI is InChI=1S/C39H81NO7/c1-10-17-18-19-20-21-22-23-24-25-26-27-28-29-37(8,9)40-39(46-34-15-6,47-35(41)16-7)38(44-32-13-4,45-33-14-5)36(42-30-11-2)43-31-12-3/h35-36,40-41H,10-34H2,1-9H3. The van der Waals surface area contributed by atoms with Gasteiger partial charge >= 0.3 is 0 Å². The van der Waals surface area contributed by atoms with Gasteiger partial charge in [0.15, 0.2) is 6.29 Å². The SMILES string of the molecule is CCCCCCCCCCCCCCCC(C)(C)NC(OCCC)(OC(O)CC)C(OCCC)(OCCC)C(OCCC)OCCC. The fourth-order valence-electron chi connectivity index (χ4n) is 5.73. The van der Waals surface area contributed by atoms with E-state index in [1.807, 2.05) is 6.92 Å². The fraction of sp³-hybridized carbons (Fsp3) is 1.00. The van der Waals surface area contributed by atoms with E-state index in [1.165, 1.54) is 77.0 Å². The van der Waals surface area contributed by atoms with E-state index >= 15 is 0 Å². The molecule has 8 nitrogen and oxygen atoms in total. The normalized spacial score (nSPS) is 14.6. The molecule has 284 valence electrons. The van der Waals surface area contributed by atoms with Crippen LogP contribution in [0.25, 0.3) is 0 Å². The monoisotopic (exact) mass is 676 g/mol. The molecule has 8 heteroatoms. The third-order valence-corrected chi connectivity index (χ3v) is 8.33. The highest BCUT2D eigenvalue weighted by Gasteiger charge is 2.65. The number of nitrogens with one attached hydrogen (secondary N) is 1. The van der Waals surface area contributed by atoms with Crippen molar-refractivity contribution in [2.45, 2.75) is 221 Å². The molecule has 0 aromatic rings. The van der Waals surface area contributed by atoms with Crippen LogP contribution < -0.4 is 5.32 Å². The van der Waals surface area contributed by atoms with Crippen molar-refractivity contribution in [3.8, 4) is 0 Å². The van der Waals surface area contributed by atoms with E-state index in [0.717, 1.165) is 44.9 Å². The van der Waals surface area contributed by atoms with Crippen LogP contribution in [0.4, 0.5) is 0 Å². The molecule has 0 amide bonds. The summed E-state index contributed by atoms with van der Waals surface area (Å²) >= 11 is 0. The third kappa shape index (κ3) is 19.6. The van der Waals surface area contributed by atoms with E-state index in [0.29, 0.717) is 39.5 Å². The third-order valence-electron chi connectivity index (χ3n) is 8.33. The maximum Gasteiger partial charge on any atom is 0.292 e. The summed E-state index contributed by atoms with van der Waals surface area (Å²) < 4.78 is 39.5. The van der Waals surface area contributed by atoms with Gasteiger partial charge in [-0.3, -0.25) is 5.32 Å². The van der Waals surface area contributed by atoms with E-state index in [1.54, 1.807) is 0 Å². The minimum atomic E-state index is -1.71. The molecule has 0 rings (SSSR count). The molecule has 0 spiro atoms. The Bertz CT molecular complexity index is 664. The Kier molecular flexibility index (Phi) is 29.2. The maximum atomic E-state index is 11.1. The molecule has 0 aliphatic carbocycles. The van der Waals surface area contributed by atoms with Gasteiger partial charge in [0.05, 0.1) is 19.8 Å². The van der Waals surface area contributed by atoms with Gasteiger partial charge in [-0.15, -0.1) is 0 Å². The summed E-state index contributed by atoms with van der Waals surface area (Å²) in [4.78, 5) is 0. The molecule has 0 heterocycles. The van der Waals surface area contributed by atoms with Gasteiger partial charge in [-0.05, 0) is 58.8 Å². The summed E-state index contributed by atoms with van der Waals surface area (Å²) in [5.74, 6) is -3.36. The molecule has 0 saturated heterocycles. The highest BCUT2D eigenvalue weighted by atomic mass is 16.8. The summed E-state index contributed by atoms with van der Waals surface area (Å²) in [5.41, 5.74) is -0.449. The van der Waals surface area contributed by atoms with Gasteiger partial charge in [-0.25, -0.2) is 0 Å². The van der Waals surface area contributed by atoms with Gasteiger partial charge in [0, 0.05) is 18.8 Å². The smallest absolute Gasteiger partial charge is 0.292 e. The highest BCUT2D eigenvalue weighted by molar-refractivity contribution is 4.97. The Morgan fingerprint density at radius 2 is 0.915 bits per heavy atom. The van der Waals surface area contributed by atoms with Crippen molar-refractivity contribution in [1.29, 1.82) is 0 Å². The van der Waals surface area contributed by atoms with E-state index < -0.39 is 29.8 Å². The predicted octanol–water partition coefficient (Wildman–Crippen LogP) is 10.4. The molecule has 0 aromatic heterocycles. The van der Waals surface area contributed by atoms with E-state index in [9.17, 15) is 5.11 Å². The van der Waals surface area contributed by atoms with Crippen LogP contribution in [-0.2, 0) is 28.4 Å². The van der Waals surface area contributed by atoms with Crippen molar-refractivity contribution in [1.82, 2.24) is 5.32 Å². The first kappa shape index (κ1) is 46.7. The van der Waals surface area contributed by atoms with Gasteiger partial charge in [-0.2, -0.15) is 0 Å². The Hall–Kier alpha value is -0.320. The second-order valence-corrected chi connectivity index (χ2v) is 13.9. The molecule has 2 unspecified atom stereocenters. The van der Waals surface area contributed by atoms with E-state index in [4.69, 9.17) is 28.4 Å². The van der Waals surface area contributed by atoms with Gasteiger partial charge in [0.1, 0.15) is 0 Å². The highest BCUT2D eigenvalue weighted by Crippen LogP contribution is 2.40. The van der Waals surface area contributed by atoms with Crippen molar-refractivity contribution in [2.75, 3.05) is 33.0 Å². The molecule has 0 radical (unpaired) electrons. The van der Waals surface area contributed by atoms with Crippen molar-refractivity contribution >= 4 is 0 Å². The summed E-state index contributed by atoms with van der Waals surface area (Å²) in [6, 6.07) is 0. The Labute approximate surface area is 292 Å². The van der Waals surface area contributed by atoms with Crippen LogP contribution in [0.2, 0.25) is 0 Å². The largest absolute Gasteiger partial charge is 0.368 e. The molecule has 0 aliphatic heterocycles. The number of rotatable bonds is 36. The van der Waals surface area contributed by atoms with Gasteiger partial charge < -0.3 is 33.5 Å². The summed E-state index contributed by atoms with van der Waals surface area (Å²) in [7, 11) is 0. The summed E-state index contributed by atoms with van der Waals surface area (Å²) in [6.07, 6.45) is 20.1. The van der Waals surface area contributed by atoms with E-state index in [2.05, 4.69) is 60.7 Å². The second kappa shape index (κ2) is 29.4. The van der Waals surface area contributed by atoms with Crippen LogP contribution in [0.1, 0.15) is 191 Å². The van der Waals surface area contributed by atoms with Gasteiger partial charge in [-0.1, -0.05) is 132 Å². The molecule has 0 saturated carbocycles. The van der Waals surface area contributed by atoms with Crippen LogP contribution in [0.5, 0.6) is 0 Å². The molecule has 2 N–H and O–H groups in total. The zero-order chi connectivity index (χ0) is 35.3. The lowest BCUT2D eigenvalue weighted by Crippen LogP contribution is -2.77. The minimum Gasteiger partial charge on any atom is -0.368 e. The Morgan fingerprint density at radius 1 is 0.511 bits per heavy atom. The summed E-state index contributed by atoms with van der Waals surface area (Å²) in [6.45, 7) is 20.8. The maximum absolute atomic E-state index is 11.1. The number of hydrogen-bond acceptors (Lipinski definition) is 8. The first-order valence-corrected chi connectivity index (χ1v) is 20.0. The topological polar surface area (TPSA) is 87.6 Å². The molecule has 0 bridgehead atoms. The average Bonchev–Trinajstić information content (AvgIpc) is 3.06. The molecule has 0 aromatic carbocycles. The lowest BCUT2D eigenvalue weighted by atomic mass is 9.94. The number of unbranched alkanes of at least 4 members (excludes halogenated alkanes) is 12. The Balaban J connectivity index is 6.03. The first-order chi connectivity index (χ1) is 22.7. The average molecular weight is 676 g/mol. The molecule has 0 fully saturated rings. The number of aliphatic hydroxyl groups excluding tert-OH is 1.